The lowest BCUT2D eigenvalue weighted by Gasteiger charge is -2.29. The summed E-state index contributed by atoms with van der Waals surface area (Å²) >= 11 is 0. The molecular weight excluding hydrogens is 240 g/mol. The molecule has 106 valence electrons. The molecule has 1 aliphatic rings. The smallest absolute Gasteiger partial charge is 0.274 e. The van der Waals surface area contributed by atoms with Crippen molar-refractivity contribution in [1.82, 2.24) is 4.57 Å². The Hall–Kier alpha value is -1.29. The molecule has 0 saturated heterocycles. The first-order chi connectivity index (χ1) is 9.11. The van der Waals surface area contributed by atoms with Gasteiger partial charge in [-0.25, -0.2) is 0 Å². The highest BCUT2D eigenvalue weighted by molar-refractivity contribution is 5.41. The summed E-state index contributed by atoms with van der Waals surface area (Å²) in [7, 11) is 1.77. The second-order valence-electron chi connectivity index (χ2n) is 5.60. The topological polar surface area (TPSA) is 43.3 Å². The molecule has 0 atom stereocenters. The van der Waals surface area contributed by atoms with Gasteiger partial charge in [-0.1, -0.05) is 0 Å². The zero-order valence-electron chi connectivity index (χ0n) is 12.1. The van der Waals surface area contributed by atoms with Gasteiger partial charge in [0, 0.05) is 25.4 Å². The van der Waals surface area contributed by atoms with Crippen molar-refractivity contribution in [2.24, 2.45) is 0 Å². The molecule has 0 aliphatic heterocycles. The molecule has 0 bridgehead atoms. The maximum absolute atomic E-state index is 12.4. The van der Waals surface area contributed by atoms with Gasteiger partial charge in [0.1, 0.15) is 5.69 Å². The summed E-state index contributed by atoms with van der Waals surface area (Å²) in [6, 6.07) is 4.40. The van der Waals surface area contributed by atoms with Crippen LogP contribution >= 0.6 is 0 Å². The summed E-state index contributed by atoms with van der Waals surface area (Å²) in [5, 5.41) is 3.21. The molecule has 1 fully saturated rings. The van der Waals surface area contributed by atoms with Crippen LogP contribution in [0.25, 0.3) is 0 Å². The summed E-state index contributed by atoms with van der Waals surface area (Å²) in [4.78, 5) is 12.4. The average Bonchev–Trinajstić information content (AvgIpc) is 2.41. The van der Waals surface area contributed by atoms with Crippen molar-refractivity contribution in [3.63, 3.8) is 0 Å². The lowest BCUT2D eigenvalue weighted by atomic mass is 9.92. The fraction of sp³-hybridized carbons (Fsp3) is 0.667. The van der Waals surface area contributed by atoms with Crippen molar-refractivity contribution in [1.29, 1.82) is 0 Å². The van der Waals surface area contributed by atoms with Crippen LogP contribution in [0.15, 0.2) is 23.1 Å². The number of pyridine rings is 1. The number of methoxy groups -OCH3 is 1. The maximum atomic E-state index is 12.4. The second-order valence-corrected chi connectivity index (χ2v) is 5.60. The lowest BCUT2D eigenvalue weighted by Crippen LogP contribution is -2.31. The zero-order chi connectivity index (χ0) is 13.8. The van der Waals surface area contributed by atoms with Crippen molar-refractivity contribution >= 4 is 5.69 Å². The molecule has 0 radical (unpaired) electrons. The number of hydrogen-bond acceptors (Lipinski definition) is 3. The van der Waals surface area contributed by atoms with Crippen LogP contribution in [0.1, 0.15) is 45.6 Å². The van der Waals surface area contributed by atoms with E-state index in [-0.39, 0.29) is 11.6 Å². The van der Waals surface area contributed by atoms with E-state index in [0.717, 1.165) is 25.7 Å². The molecular formula is C15H24N2O2. The molecule has 1 N–H and O–H groups in total. The van der Waals surface area contributed by atoms with E-state index < -0.39 is 0 Å². The van der Waals surface area contributed by atoms with Crippen LogP contribution in [-0.2, 0) is 4.74 Å². The van der Waals surface area contributed by atoms with E-state index >= 15 is 0 Å². The Labute approximate surface area is 114 Å². The molecule has 1 saturated carbocycles. The molecule has 4 nitrogen and oxygen atoms in total. The maximum Gasteiger partial charge on any atom is 0.274 e. The quantitative estimate of drug-likeness (QED) is 0.909. The van der Waals surface area contributed by atoms with E-state index in [1.807, 2.05) is 36.7 Å². The van der Waals surface area contributed by atoms with Crippen LogP contribution in [-0.4, -0.2) is 23.8 Å². The van der Waals surface area contributed by atoms with Crippen LogP contribution in [0.4, 0.5) is 5.69 Å². The molecule has 0 unspecified atom stereocenters. The number of hydrogen-bond donors (Lipinski definition) is 1. The third-order valence-corrected chi connectivity index (χ3v) is 3.79. The average molecular weight is 264 g/mol. The summed E-state index contributed by atoms with van der Waals surface area (Å²) < 4.78 is 7.27. The molecule has 1 aromatic heterocycles. The van der Waals surface area contributed by atoms with E-state index in [9.17, 15) is 4.79 Å². The molecule has 2 rings (SSSR count). The Morgan fingerprint density at radius 2 is 2.00 bits per heavy atom. The van der Waals surface area contributed by atoms with Gasteiger partial charge in [-0.05, 0) is 51.7 Å². The first kappa shape index (κ1) is 14.1. The molecule has 4 heteroatoms. The number of nitrogens with one attached hydrogen (secondary N) is 1. The van der Waals surface area contributed by atoms with E-state index in [1.54, 1.807) is 7.11 Å². The SMILES string of the molecule is COC1CCC(n2cccc(NC(C)C)c2=O)CC1. The third-order valence-electron chi connectivity index (χ3n) is 3.79. The molecule has 1 aromatic rings. The van der Waals surface area contributed by atoms with E-state index in [4.69, 9.17) is 4.74 Å². The minimum Gasteiger partial charge on any atom is -0.381 e. The van der Waals surface area contributed by atoms with Gasteiger partial charge in [0.05, 0.1) is 6.10 Å². The highest BCUT2D eigenvalue weighted by Crippen LogP contribution is 2.28. The number of nitrogens with zero attached hydrogens (tertiary/aromatic N) is 1. The van der Waals surface area contributed by atoms with Gasteiger partial charge in [0.15, 0.2) is 0 Å². The van der Waals surface area contributed by atoms with Crippen LogP contribution < -0.4 is 10.9 Å². The Balaban J connectivity index is 2.15. The normalized spacial score (nSPS) is 23.6. The Morgan fingerprint density at radius 1 is 1.32 bits per heavy atom. The number of rotatable bonds is 4. The molecule has 0 aromatic carbocycles. The monoisotopic (exact) mass is 264 g/mol. The van der Waals surface area contributed by atoms with Gasteiger partial charge in [-0.2, -0.15) is 0 Å². The third kappa shape index (κ3) is 3.38. The fourth-order valence-corrected chi connectivity index (χ4v) is 2.78. The van der Waals surface area contributed by atoms with E-state index in [0.29, 0.717) is 17.8 Å². The Morgan fingerprint density at radius 3 is 2.58 bits per heavy atom. The largest absolute Gasteiger partial charge is 0.381 e. The van der Waals surface area contributed by atoms with E-state index in [2.05, 4.69) is 5.32 Å². The first-order valence-electron chi connectivity index (χ1n) is 7.12. The Kier molecular flexibility index (Phi) is 4.64. The molecule has 19 heavy (non-hydrogen) atoms. The predicted molar refractivity (Wildman–Crippen MR) is 77.8 cm³/mol. The van der Waals surface area contributed by atoms with Crippen LogP contribution in [0.3, 0.4) is 0 Å². The van der Waals surface area contributed by atoms with Crippen LogP contribution in [0, 0.1) is 0 Å². The second kappa shape index (κ2) is 6.24. The minimum absolute atomic E-state index is 0.0945. The van der Waals surface area contributed by atoms with Crippen LogP contribution in [0.5, 0.6) is 0 Å². The minimum atomic E-state index is 0.0945. The van der Waals surface area contributed by atoms with Crippen LogP contribution in [0.2, 0.25) is 0 Å². The van der Waals surface area contributed by atoms with Gasteiger partial charge in [-0.3, -0.25) is 4.79 Å². The standard InChI is InChI=1S/C15H24N2O2/c1-11(2)16-14-5-4-10-17(15(14)18)12-6-8-13(19-3)9-7-12/h4-5,10-13,16H,6-9H2,1-3H3. The number of anilines is 1. The summed E-state index contributed by atoms with van der Waals surface area (Å²) in [6.45, 7) is 4.08. The first-order valence-corrected chi connectivity index (χ1v) is 7.12. The molecule has 1 aliphatic carbocycles. The highest BCUT2D eigenvalue weighted by atomic mass is 16.5. The van der Waals surface area contributed by atoms with Crippen molar-refractivity contribution in [2.45, 2.75) is 57.7 Å². The zero-order valence-corrected chi connectivity index (χ0v) is 12.1. The summed E-state index contributed by atoms with van der Waals surface area (Å²) in [5.41, 5.74) is 0.795. The number of aromatic nitrogens is 1. The molecule has 0 amide bonds. The molecule has 1 heterocycles. The van der Waals surface area contributed by atoms with Gasteiger partial charge < -0.3 is 14.6 Å². The number of ether oxygens (including phenoxy) is 1. The van der Waals surface area contributed by atoms with Gasteiger partial charge in [-0.15, -0.1) is 0 Å². The van der Waals surface area contributed by atoms with Gasteiger partial charge in [0.2, 0.25) is 0 Å². The predicted octanol–water partition coefficient (Wildman–Crippen LogP) is 2.80. The molecule has 0 spiro atoms. The van der Waals surface area contributed by atoms with Crippen molar-refractivity contribution in [3.8, 4) is 0 Å². The van der Waals surface area contributed by atoms with Crippen molar-refractivity contribution in [3.05, 3.63) is 28.7 Å². The fourth-order valence-electron chi connectivity index (χ4n) is 2.78. The van der Waals surface area contributed by atoms with Crippen molar-refractivity contribution < 1.29 is 4.74 Å². The summed E-state index contributed by atoms with van der Waals surface area (Å²) in [5.74, 6) is 0. The highest BCUT2D eigenvalue weighted by Gasteiger charge is 2.23. The van der Waals surface area contributed by atoms with E-state index in [1.165, 1.54) is 0 Å². The van der Waals surface area contributed by atoms with Gasteiger partial charge >= 0.3 is 0 Å². The van der Waals surface area contributed by atoms with Crippen molar-refractivity contribution in [2.75, 3.05) is 12.4 Å². The lowest BCUT2D eigenvalue weighted by molar-refractivity contribution is 0.0580. The summed E-state index contributed by atoms with van der Waals surface area (Å²) in [6.07, 6.45) is 6.38. The van der Waals surface area contributed by atoms with Gasteiger partial charge in [0.25, 0.3) is 5.56 Å². The Bertz CT molecular complexity index is 459.